The molecule has 19 heavy (non-hydrogen) atoms. The number of phenolic OH excluding ortho intramolecular Hbond substituents is 1. The largest absolute Gasteiger partial charge is 0.508 e. The third kappa shape index (κ3) is 2.93. The Hall–Kier alpha value is -2.73. The van der Waals surface area contributed by atoms with Crippen molar-refractivity contribution in [3.05, 3.63) is 59.7 Å². The summed E-state index contributed by atoms with van der Waals surface area (Å²) in [7, 11) is 1.60. The van der Waals surface area contributed by atoms with E-state index in [9.17, 15) is 10.4 Å². The maximum absolute atomic E-state index is 9.26. The lowest BCUT2D eigenvalue weighted by atomic mass is 10.0. The predicted molar refractivity (Wildman–Crippen MR) is 74.6 cm³/mol. The van der Waals surface area contributed by atoms with E-state index < -0.39 is 0 Å². The summed E-state index contributed by atoms with van der Waals surface area (Å²) >= 11 is 0. The molecule has 0 heterocycles. The van der Waals surface area contributed by atoms with Gasteiger partial charge in [0.1, 0.15) is 11.5 Å². The fourth-order valence-corrected chi connectivity index (χ4v) is 1.76. The van der Waals surface area contributed by atoms with E-state index in [1.165, 1.54) is 0 Å². The zero-order valence-corrected chi connectivity index (χ0v) is 10.5. The van der Waals surface area contributed by atoms with Crippen molar-refractivity contribution in [3.8, 4) is 17.6 Å². The molecule has 0 aromatic heterocycles. The van der Waals surface area contributed by atoms with E-state index in [1.807, 2.05) is 24.3 Å². The Bertz CT molecular complexity index is 637. The van der Waals surface area contributed by atoms with Gasteiger partial charge in [-0.2, -0.15) is 5.26 Å². The molecule has 2 aromatic carbocycles. The Kier molecular flexibility index (Phi) is 3.84. The number of allylic oxidation sites excluding steroid dienone is 1. The third-order valence-electron chi connectivity index (χ3n) is 2.74. The fourth-order valence-electron chi connectivity index (χ4n) is 1.76. The number of hydrogen-bond acceptors (Lipinski definition) is 3. The van der Waals surface area contributed by atoms with Gasteiger partial charge in [0.05, 0.1) is 18.8 Å². The van der Waals surface area contributed by atoms with Crippen LogP contribution < -0.4 is 4.74 Å². The maximum atomic E-state index is 9.26. The predicted octanol–water partition coefficient (Wildman–Crippen LogP) is 3.46. The molecule has 3 heteroatoms. The van der Waals surface area contributed by atoms with Crippen molar-refractivity contribution in [2.75, 3.05) is 7.11 Å². The van der Waals surface area contributed by atoms with Crippen molar-refractivity contribution in [3.63, 3.8) is 0 Å². The molecular weight excluding hydrogens is 238 g/mol. The highest BCUT2D eigenvalue weighted by atomic mass is 16.5. The van der Waals surface area contributed by atoms with E-state index in [1.54, 1.807) is 37.5 Å². The lowest BCUT2D eigenvalue weighted by Gasteiger charge is -2.05. The normalized spacial score (nSPS) is 10.8. The van der Waals surface area contributed by atoms with Crippen LogP contribution in [0.4, 0.5) is 0 Å². The minimum atomic E-state index is 0.179. The highest BCUT2D eigenvalue weighted by Gasteiger charge is 2.04. The van der Waals surface area contributed by atoms with Crippen LogP contribution in [0.15, 0.2) is 48.5 Å². The number of benzene rings is 2. The number of nitrogens with zero attached hydrogens (tertiary/aromatic N) is 1. The fraction of sp³-hybridized carbons (Fsp3) is 0.0625. The number of phenols is 1. The number of hydrogen-bond donors (Lipinski definition) is 1. The van der Waals surface area contributed by atoms with Crippen LogP contribution >= 0.6 is 0 Å². The van der Waals surface area contributed by atoms with Crippen molar-refractivity contribution in [1.82, 2.24) is 0 Å². The number of ether oxygens (including phenoxy) is 1. The van der Waals surface area contributed by atoms with Gasteiger partial charge in [-0.1, -0.05) is 18.2 Å². The lowest BCUT2D eigenvalue weighted by molar-refractivity contribution is 0.414. The Morgan fingerprint density at radius 3 is 2.47 bits per heavy atom. The second-order valence-corrected chi connectivity index (χ2v) is 3.96. The molecule has 0 fully saturated rings. The summed E-state index contributed by atoms with van der Waals surface area (Å²) in [6.45, 7) is 0. The first kappa shape index (κ1) is 12.7. The minimum Gasteiger partial charge on any atom is -0.508 e. The van der Waals surface area contributed by atoms with Gasteiger partial charge < -0.3 is 9.84 Å². The van der Waals surface area contributed by atoms with Gasteiger partial charge in [0.25, 0.3) is 0 Å². The zero-order valence-electron chi connectivity index (χ0n) is 10.5. The zero-order chi connectivity index (χ0) is 13.7. The molecule has 0 bridgehead atoms. The Labute approximate surface area is 112 Å². The minimum absolute atomic E-state index is 0.179. The standard InChI is InChI=1S/C16H13NO2/c1-19-16-5-3-2-4-13(16)10-14(11-17)12-6-8-15(18)9-7-12/h2-10,18H,1H3/b14-10-. The van der Waals surface area contributed by atoms with E-state index in [0.29, 0.717) is 11.3 Å². The van der Waals surface area contributed by atoms with E-state index in [2.05, 4.69) is 6.07 Å². The van der Waals surface area contributed by atoms with Crippen LogP contribution in [-0.4, -0.2) is 12.2 Å². The van der Waals surface area contributed by atoms with E-state index in [0.717, 1.165) is 11.1 Å². The molecule has 0 unspecified atom stereocenters. The van der Waals surface area contributed by atoms with Crippen LogP contribution in [0.1, 0.15) is 11.1 Å². The molecule has 0 saturated heterocycles. The van der Waals surface area contributed by atoms with Gasteiger partial charge in [-0.25, -0.2) is 0 Å². The highest BCUT2D eigenvalue weighted by molar-refractivity contribution is 5.90. The molecule has 0 radical (unpaired) electrons. The number of aromatic hydroxyl groups is 1. The smallest absolute Gasteiger partial charge is 0.126 e. The summed E-state index contributed by atoms with van der Waals surface area (Å²) in [5, 5.41) is 18.5. The SMILES string of the molecule is COc1ccccc1/C=C(/C#N)c1ccc(O)cc1. The van der Waals surface area contributed by atoms with Crippen molar-refractivity contribution < 1.29 is 9.84 Å². The first-order valence-electron chi connectivity index (χ1n) is 5.79. The van der Waals surface area contributed by atoms with Crippen LogP contribution in [0.25, 0.3) is 11.6 Å². The molecule has 94 valence electrons. The maximum Gasteiger partial charge on any atom is 0.126 e. The van der Waals surface area contributed by atoms with Crippen LogP contribution in [0.2, 0.25) is 0 Å². The summed E-state index contributed by atoms with van der Waals surface area (Å²) < 4.78 is 5.25. The number of methoxy groups -OCH3 is 1. The second kappa shape index (κ2) is 5.74. The Morgan fingerprint density at radius 2 is 1.84 bits per heavy atom. The van der Waals surface area contributed by atoms with Gasteiger partial charge >= 0.3 is 0 Å². The highest BCUT2D eigenvalue weighted by Crippen LogP contribution is 2.25. The second-order valence-electron chi connectivity index (χ2n) is 3.96. The lowest BCUT2D eigenvalue weighted by Crippen LogP contribution is -1.87. The quantitative estimate of drug-likeness (QED) is 0.671. The Balaban J connectivity index is 2.44. The van der Waals surface area contributed by atoms with Gasteiger partial charge in [0.15, 0.2) is 0 Å². The van der Waals surface area contributed by atoms with Gasteiger partial charge in [-0.05, 0) is 42.0 Å². The summed E-state index contributed by atoms with van der Waals surface area (Å²) in [5.74, 6) is 0.896. The number of nitriles is 1. The molecule has 2 rings (SSSR count). The molecule has 0 atom stereocenters. The van der Waals surface area contributed by atoms with E-state index in [4.69, 9.17) is 4.74 Å². The first-order chi connectivity index (χ1) is 9.24. The van der Waals surface area contributed by atoms with Crippen molar-refractivity contribution >= 4 is 11.6 Å². The summed E-state index contributed by atoms with van der Waals surface area (Å²) in [5.41, 5.74) is 2.12. The number of para-hydroxylation sites is 1. The van der Waals surface area contributed by atoms with Crippen molar-refractivity contribution in [2.24, 2.45) is 0 Å². The average Bonchev–Trinajstić information content (AvgIpc) is 2.46. The summed E-state index contributed by atoms with van der Waals surface area (Å²) in [6.07, 6.45) is 1.77. The van der Waals surface area contributed by atoms with Gasteiger partial charge in [0.2, 0.25) is 0 Å². The molecule has 0 spiro atoms. The van der Waals surface area contributed by atoms with Crippen molar-refractivity contribution in [2.45, 2.75) is 0 Å². The number of rotatable bonds is 3. The molecule has 0 aliphatic carbocycles. The van der Waals surface area contributed by atoms with E-state index >= 15 is 0 Å². The Morgan fingerprint density at radius 1 is 1.16 bits per heavy atom. The molecule has 3 nitrogen and oxygen atoms in total. The van der Waals surface area contributed by atoms with Gasteiger partial charge in [-0.15, -0.1) is 0 Å². The first-order valence-corrected chi connectivity index (χ1v) is 5.79. The van der Waals surface area contributed by atoms with Crippen LogP contribution in [0, 0.1) is 11.3 Å². The molecule has 0 amide bonds. The van der Waals surface area contributed by atoms with Crippen LogP contribution in [-0.2, 0) is 0 Å². The van der Waals surface area contributed by atoms with Gasteiger partial charge in [0, 0.05) is 5.56 Å². The molecular formula is C16H13NO2. The summed E-state index contributed by atoms with van der Waals surface area (Å²) in [4.78, 5) is 0. The van der Waals surface area contributed by atoms with Crippen molar-refractivity contribution in [1.29, 1.82) is 5.26 Å². The molecule has 2 aromatic rings. The molecule has 1 N–H and O–H groups in total. The van der Waals surface area contributed by atoms with Crippen LogP contribution in [0.5, 0.6) is 11.5 Å². The third-order valence-corrected chi connectivity index (χ3v) is 2.74. The van der Waals surface area contributed by atoms with E-state index in [-0.39, 0.29) is 5.75 Å². The molecule has 0 aliphatic rings. The summed E-state index contributed by atoms with van der Waals surface area (Å²) in [6, 6.07) is 16.2. The molecule has 0 saturated carbocycles. The topological polar surface area (TPSA) is 53.2 Å². The van der Waals surface area contributed by atoms with Gasteiger partial charge in [-0.3, -0.25) is 0 Å². The van der Waals surface area contributed by atoms with Crippen LogP contribution in [0.3, 0.4) is 0 Å². The average molecular weight is 251 g/mol. The molecule has 0 aliphatic heterocycles. The monoisotopic (exact) mass is 251 g/mol.